The van der Waals surface area contributed by atoms with Gasteiger partial charge in [-0.3, -0.25) is 9.78 Å². The lowest BCUT2D eigenvalue weighted by Gasteiger charge is -2.33. The number of fused-ring (bicyclic) bond motifs is 1. The zero-order valence-corrected chi connectivity index (χ0v) is 13.3. The SMILES string of the molecule is O=C(c1nccc2ccccc12)N1CCOC(c2ccccc2)C1. The monoisotopic (exact) mass is 318 g/mol. The number of hydrogen-bond donors (Lipinski definition) is 0. The molecule has 1 aromatic heterocycles. The molecule has 24 heavy (non-hydrogen) atoms. The summed E-state index contributed by atoms with van der Waals surface area (Å²) in [5.41, 5.74) is 1.61. The Morgan fingerprint density at radius 2 is 1.83 bits per heavy atom. The van der Waals surface area contributed by atoms with Gasteiger partial charge in [0, 0.05) is 18.1 Å². The van der Waals surface area contributed by atoms with Crippen molar-refractivity contribution in [1.29, 1.82) is 0 Å². The average Bonchev–Trinajstić information content (AvgIpc) is 2.68. The topological polar surface area (TPSA) is 42.4 Å². The molecule has 0 radical (unpaired) electrons. The number of hydrogen-bond acceptors (Lipinski definition) is 3. The van der Waals surface area contributed by atoms with Crippen LogP contribution in [0.2, 0.25) is 0 Å². The summed E-state index contributed by atoms with van der Waals surface area (Å²) in [5.74, 6) is -0.0315. The summed E-state index contributed by atoms with van der Waals surface area (Å²) in [4.78, 5) is 19.2. The number of carbonyl (C=O) groups excluding carboxylic acids is 1. The Labute approximate surface area is 140 Å². The first-order chi connectivity index (χ1) is 11.8. The third-order valence-corrected chi connectivity index (χ3v) is 4.40. The first kappa shape index (κ1) is 14.8. The molecule has 4 heteroatoms. The van der Waals surface area contributed by atoms with Gasteiger partial charge in [-0.15, -0.1) is 0 Å². The second kappa shape index (κ2) is 6.42. The maximum atomic E-state index is 13.0. The predicted octanol–water partition coefficient (Wildman–Crippen LogP) is 3.45. The number of amides is 1. The number of morpholine rings is 1. The summed E-state index contributed by atoms with van der Waals surface area (Å²) < 4.78 is 5.85. The summed E-state index contributed by atoms with van der Waals surface area (Å²) in [6.07, 6.45) is 1.61. The standard InChI is InChI=1S/C20H18N2O2/c23-20(19-17-9-5-4-6-15(17)10-11-21-19)22-12-13-24-18(14-22)16-7-2-1-3-8-16/h1-11,18H,12-14H2. The van der Waals surface area contributed by atoms with Crippen LogP contribution < -0.4 is 0 Å². The van der Waals surface area contributed by atoms with Crippen molar-refractivity contribution >= 4 is 16.7 Å². The fraction of sp³-hybridized carbons (Fsp3) is 0.200. The quantitative estimate of drug-likeness (QED) is 0.727. The van der Waals surface area contributed by atoms with Crippen LogP contribution in [0.3, 0.4) is 0 Å². The molecular weight excluding hydrogens is 300 g/mol. The Morgan fingerprint density at radius 3 is 2.71 bits per heavy atom. The van der Waals surface area contributed by atoms with E-state index in [2.05, 4.69) is 4.98 Å². The predicted molar refractivity (Wildman–Crippen MR) is 92.8 cm³/mol. The number of benzene rings is 2. The number of carbonyl (C=O) groups is 1. The van der Waals surface area contributed by atoms with Gasteiger partial charge in [-0.1, -0.05) is 54.6 Å². The number of nitrogens with zero attached hydrogens (tertiary/aromatic N) is 2. The molecule has 2 aromatic carbocycles. The van der Waals surface area contributed by atoms with Crippen molar-refractivity contribution in [3.63, 3.8) is 0 Å². The van der Waals surface area contributed by atoms with E-state index in [0.717, 1.165) is 16.3 Å². The summed E-state index contributed by atoms with van der Waals surface area (Å²) in [5, 5.41) is 1.93. The van der Waals surface area contributed by atoms with Crippen LogP contribution >= 0.6 is 0 Å². The molecule has 1 atom stereocenters. The minimum Gasteiger partial charge on any atom is -0.370 e. The van der Waals surface area contributed by atoms with E-state index < -0.39 is 0 Å². The second-order valence-corrected chi connectivity index (χ2v) is 5.90. The van der Waals surface area contributed by atoms with Crippen LogP contribution in [0.15, 0.2) is 66.9 Å². The molecule has 1 aliphatic rings. The molecule has 0 aliphatic carbocycles. The molecule has 1 fully saturated rings. The van der Waals surface area contributed by atoms with Gasteiger partial charge >= 0.3 is 0 Å². The van der Waals surface area contributed by atoms with Crippen LogP contribution in [0.5, 0.6) is 0 Å². The van der Waals surface area contributed by atoms with E-state index in [-0.39, 0.29) is 12.0 Å². The van der Waals surface area contributed by atoms with Crippen LogP contribution in [-0.4, -0.2) is 35.5 Å². The minimum atomic E-state index is -0.0844. The molecule has 4 rings (SSSR count). The number of aromatic nitrogens is 1. The fourth-order valence-corrected chi connectivity index (χ4v) is 3.14. The van der Waals surface area contributed by atoms with Crippen LogP contribution in [0.4, 0.5) is 0 Å². The van der Waals surface area contributed by atoms with Crippen molar-refractivity contribution in [3.8, 4) is 0 Å². The highest BCUT2D eigenvalue weighted by Crippen LogP contribution is 2.24. The largest absolute Gasteiger partial charge is 0.370 e. The lowest BCUT2D eigenvalue weighted by molar-refractivity contribution is -0.0229. The first-order valence-electron chi connectivity index (χ1n) is 8.12. The van der Waals surface area contributed by atoms with Crippen molar-refractivity contribution in [1.82, 2.24) is 9.88 Å². The Hall–Kier alpha value is -2.72. The summed E-state index contributed by atoms with van der Waals surface area (Å²) >= 11 is 0. The third-order valence-electron chi connectivity index (χ3n) is 4.40. The van der Waals surface area contributed by atoms with Crippen molar-refractivity contribution in [3.05, 3.63) is 78.1 Å². The number of pyridine rings is 1. The molecule has 0 bridgehead atoms. The Morgan fingerprint density at radius 1 is 1.04 bits per heavy atom. The average molecular weight is 318 g/mol. The molecule has 1 amide bonds. The molecule has 0 spiro atoms. The van der Waals surface area contributed by atoms with Gasteiger partial charge in [-0.2, -0.15) is 0 Å². The van der Waals surface area contributed by atoms with Crippen molar-refractivity contribution in [2.24, 2.45) is 0 Å². The normalized spacial score (nSPS) is 17.8. The van der Waals surface area contributed by atoms with E-state index in [1.165, 1.54) is 0 Å². The van der Waals surface area contributed by atoms with Crippen LogP contribution in [0.1, 0.15) is 22.2 Å². The van der Waals surface area contributed by atoms with Gasteiger partial charge < -0.3 is 9.64 Å². The van der Waals surface area contributed by atoms with Gasteiger partial charge in [0.05, 0.1) is 13.2 Å². The van der Waals surface area contributed by atoms with E-state index in [4.69, 9.17) is 4.74 Å². The molecule has 1 saturated heterocycles. The molecule has 2 heterocycles. The highest BCUT2D eigenvalue weighted by atomic mass is 16.5. The molecule has 1 aliphatic heterocycles. The van der Waals surface area contributed by atoms with Crippen molar-refractivity contribution < 1.29 is 9.53 Å². The van der Waals surface area contributed by atoms with E-state index >= 15 is 0 Å². The lowest BCUT2D eigenvalue weighted by atomic mass is 10.1. The zero-order chi connectivity index (χ0) is 16.4. The van der Waals surface area contributed by atoms with Gasteiger partial charge in [-0.25, -0.2) is 0 Å². The lowest BCUT2D eigenvalue weighted by Crippen LogP contribution is -2.42. The molecule has 120 valence electrons. The molecule has 0 N–H and O–H groups in total. The van der Waals surface area contributed by atoms with E-state index in [1.807, 2.05) is 65.6 Å². The van der Waals surface area contributed by atoms with Gasteiger partial charge in [0.2, 0.25) is 0 Å². The molecule has 1 unspecified atom stereocenters. The van der Waals surface area contributed by atoms with Crippen molar-refractivity contribution in [2.75, 3.05) is 19.7 Å². The summed E-state index contributed by atoms with van der Waals surface area (Å²) in [7, 11) is 0. The van der Waals surface area contributed by atoms with E-state index in [9.17, 15) is 4.79 Å². The highest BCUT2D eigenvalue weighted by molar-refractivity contribution is 6.05. The van der Waals surface area contributed by atoms with Gasteiger partial charge in [0.1, 0.15) is 11.8 Å². The van der Waals surface area contributed by atoms with Crippen molar-refractivity contribution in [2.45, 2.75) is 6.10 Å². The fourth-order valence-electron chi connectivity index (χ4n) is 3.14. The highest BCUT2D eigenvalue weighted by Gasteiger charge is 2.27. The third kappa shape index (κ3) is 2.76. The Balaban J connectivity index is 1.62. The Bertz CT molecular complexity index is 858. The second-order valence-electron chi connectivity index (χ2n) is 5.90. The summed E-state index contributed by atoms with van der Waals surface area (Å²) in [6, 6.07) is 19.8. The zero-order valence-electron chi connectivity index (χ0n) is 13.3. The van der Waals surface area contributed by atoms with Gasteiger partial charge in [-0.05, 0) is 17.0 Å². The van der Waals surface area contributed by atoms with Gasteiger partial charge in [0.25, 0.3) is 5.91 Å². The van der Waals surface area contributed by atoms with Gasteiger partial charge in [0.15, 0.2) is 0 Å². The minimum absolute atomic E-state index is 0.0315. The summed E-state index contributed by atoms with van der Waals surface area (Å²) in [6.45, 7) is 1.68. The van der Waals surface area contributed by atoms with Crippen LogP contribution in [0, 0.1) is 0 Å². The molecule has 4 nitrogen and oxygen atoms in total. The van der Waals surface area contributed by atoms with E-state index in [1.54, 1.807) is 6.20 Å². The smallest absolute Gasteiger partial charge is 0.273 e. The molecule has 3 aromatic rings. The van der Waals surface area contributed by atoms with Crippen LogP contribution in [0.25, 0.3) is 10.8 Å². The Kier molecular flexibility index (Phi) is 3.97. The maximum absolute atomic E-state index is 13.0. The van der Waals surface area contributed by atoms with E-state index in [0.29, 0.717) is 25.4 Å². The molecular formula is C20H18N2O2. The number of rotatable bonds is 2. The van der Waals surface area contributed by atoms with Crippen LogP contribution in [-0.2, 0) is 4.74 Å². The maximum Gasteiger partial charge on any atom is 0.273 e. The first-order valence-corrected chi connectivity index (χ1v) is 8.12. The molecule has 0 saturated carbocycles. The number of ether oxygens (including phenoxy) is 1.